The average Bonchev–Trinajstić information content (AvgIpc) is 2.74. The van der Waals surface area contributed by atoms with Crippen molar-refractivity contribution < 1.29 is 38.5 Å². The van der Waals surface area contributed by atoms with Crippen LogP contribution >= 0.6 is 0 Å². The fourth-order valence-electron chi connectivity index (χ4n) is 3.58. The first-order valence-corrected chi connectivity index (χ1v) is 10.4. The number of aryl methyl sites for hydroxylation is 1. The number of hydrogen-bond donors (Lipinski definition) is 5. The minimum Gasteiger partial charge on any atom is -0.481 e. The predicted molar refractivity (Wildman–Crippen MR) is 118 cm³/mol. The number of carboxylic acid groups (broad SMARTS) is 3. The van der Waals surface area contributed by atoms with Crippen molar-refractivity contribution in [2.75, 3.05) is 24.5 Å². The van der Waals surface area contributed by atoms with Crippen LogP contribution in [0.2, 0.25) is 0 Å². The number of nitrogens with zero attached hydrogens (tertiary/aromatic N) is 2. The number of rotatable bonds is 6. The number of benzene rings is 1. The number of fused-ring (bicyclic) bond motifs is 1. The Balaban J connectivity index is 0.000000387. The maximum absolute atomic E-state index is 15.2. The van der Waals surface area contributed by atoms with Gasteiger partial charge in [-0.1, -0.05) is 0 Å². The molecule has 1 fully saturated rings. The van der Waals surface area contributed by atoms with Gasteiger partial charge in [-0.15, -0.1) is 0 Å². The molecule has 0 spiro atoms. The van der Waals surface area contributed by atoms with E-state index in [1.807, 2.05) is 6.92 Å². The first-order chi connectivity index (χ1) is 15.9. The van der Waals surface area contributed by atoms with Gasteiger partial charge in [0.15, 0.2) is 5.82 Å². The predicted octanol–water partition coefficient (Wildman–Crippen LogP) is 0.669. The summed E-state index contributed by atoms with van der Waals surface area (Å²) in [6.07, 6.45) is 0.577. The molecule has 0 radical (unpaired) electrons. The number of nitrogens with one attached hydrogen (secondary N) is 1. The van der Waals surface area contributed by atoms with E-state index in [0.717, 1.165) is 12.3 Å². The number of halogens is 2. The van der Waals surface area contributed by atoms with Crippen LogP contribution in [0.1, 0.15) is 30.6 Å². The van der Waals surface area contributed by atoms with Crippen molar-refractivity contribution in [3.63, 3.8) is 0 Å². The smallest absolute Gasteiger partial charge is 0.341 e. The van der Waals surface area contributed by atoms with Crippen LogP contribution in [-0.4, -0.2) is 69.5 Å². The van der Waals surface area contributed by atoms with Crippen LogP contribution in [-0.2, 0) is 16.1 Å². The molecule has 11 nitrogen and oxygen atoms in total. The molecule has 2 atom stereocenters. The summed E-state index contributed by atoms with van der Waals surface area (Å²) in [6.45, 7) is 5.33. The molecule has 2 heterocycles. The second-order valence-electron chi connectivity index (χ2n) is 7.72. The Labute approximate surface area is 192 Å². The summed E-state index contributed by atoms with van der Waals surface area (Å²) in [5, 5.41) is 28.1. The zero-order chi connectivity index (χ0) is 25.7. The summed E-state index contributed by atoms with van der Waals surface area (Å²) in [5.41, 5.74) is 3.21. The Hall–Kier alpha value is -3.58. The fraction of sp³-hybridized carbons (Fsp3) is 0.429. The van der Waals surface area contributed by atoms with Crippen LogP contribution in [0.25, 0.3) is 10.9 Å². The summed E-state index contributed by atoms with van der Waals surface area (Å²) >= 11 is 0. The number of carbonyl (C=O) groups is 3. The van der Waals surface area contributed by atoms with E-state index in [2.05, 4.69) is 5.32 Å². The van der Waals surface area contributed by atoms with Gasteiger partial charge in [-0.3, -0.25) is 14.4 Å². The Morgan fingerprint density at radius 2 is 1.91 bits per heavy atom. The van der Waals surface area contributed by atoms with E-state index in [0.29, 0.717) is 19.6 Å². The minimum atomic E-state index is -1.42. The van der Waals surface area contributed by atoms with E-state index >= 15 is 4.39 Å². The molecule has 0 saturated carbocycles. The highest BCUT2D eigenvalue weighted by atomic mass is 19.1. The first-order valence-electron chi connectivity index (χ1n) is 10.4. The van der Waals surface area contributed by atoms with Crippen LogP contribution in [0.5, 0.6) is 0 Å². The van der Waals surface area contributed by atoms with Gasteiger partial charge >= 0.3 is 17.9 Å². The third-order valence-electron chi connectivity index (χ3n) is 5.20. The molecule has 13 heteroatoms. The van der Waals surface area contributed by atoms with E-state index in [1.54, 1.807) is 11.8 Å². The lowest BCUT2D eigenvalue weighted by Crippen LogP contribution is -2.49. The van der Waals surface area contributed by atoms with E-state index in [4.69, 9.17) is 21.1 Å². The highest BCUT2D eigenvalue weighted by Gasteiger charge is 2.27. The molecule has 3 rings (SSSR count). The molecule has 34 heavy (non-hydrogen) atoms. The molecular formula is C21H26F2N4O7. The molecule has 1 aromatic carbocycles. The van der Waals surface area contributed by atoms with Crippen LogP contribution < -0.4 is 21.4 Å². The number of aliphatic carboxylic acids is 2. The number of anilines is 1. The van der Waals surface area contributed by atoms with Crippen LogP contribution in [0, 0.1) is 11.6 Å². The molecule has 1 saturated heterocycles. The number of nitrogens with two attached hydrogens (primary N) is 1. The zero-order valence-corrected chi connectivity index (χ0v) is 18.5. The van der Waals surface area contributed by atoms with Crippen molar-refractivity contribution in [2.45, 2.75) is 38.9 Å². The zero-order valence-electron chi connectivity index (χ0n) is 18.5. The maximum Gasteiger partial charge on any atom is 0.341 e. The van der Waals surface area contributed by atoms with Gasteiger partial charge in [-0.05, 0) is 19.9 Å². The van der Waals surface area contributed by atoms with Crippen LogP contribution in [0.4, 0.5) is 14.5 Å². The molecule has 1 aromatic heterocycles. The average molecular weight is 484 g/mol. The Morgan fingerprint density at radius 3 is 2.38 bits per heavy atom. The van der Waals surface area contributed by atoms with Crippen LogP contribution in [0.15, 0.2) is 17.1 Å². The molecule has 0 amide bonds. The van der Waals surface area contributed by atoms with Gasteiger partial charge in [0.1, 0.15) is 23.1 Å². The first kappa shape index (κ1) is 26.7. The maximum atomic E-state index is 15.2. The lowest BCUT2D eigenvalue weighted by Gasteiger charge is -2.34. The van der Waals surface area contributed by atoms with E-state index in [-0.39, 0.29) is 29.2 Å². The molecule has 2 aromatic rings. The number of carboxylic acids is 3. The summed E-state index contributed by atoms with van der Waals surface area (Å²) in [7, 11) is 0. The monoisotopic (exact) mass is 484 g/mol. The number of piperazine rings is 1. The molecular weight excluding hydrogens is 458 g/mol. The van der Waals surface area contributed by atoms with E-state index < -0.39 is 53.0 Å². The molecule has 6 N–H and O–H groups in total. The molecule has 186 valence electrons. The molecule has 0 aliphatic carbocycles. The van der Waals surface area contributed by atoms with Gasteiger partial charge in [0.25, 0.3) is 0 Å². The van der Waals surface area contributed by atoms with Crippen molar-refractivity contribution in [1.82, 2.24) is 9.88 Å². The van der Waals surface area contributed by atoms with Crippen molar-refractivity contribution in [3.8, 4) is 0 Å². The van der Waals surface area contributed by atoms with Crippen molar-refractivity contribution in [1.29, 1.82) is 0 Å². The summed E-state index contributed by atoms with van der Waals surface area (Å²) in [6, 6.07) is -0.269. The normalized spacial score (nSPS) is 16.5. The van der Waals surface area contributed by atoms with E-state index in [9.17, 15) is 23.6 Å². The quantitative estimate of drug-likeness (QED) is 0.392. The van der Waals surface area contributed by atoms with Gasteiger partial charge in [-0.25, -0.2) is 13.6 Å². The highest BCUT2D eigenvalue weighted by molar-refractivity contribution is 5.93. The number of aromatic carboxylic acids is 1. The van der Waals surface area contributed by atoms with Gasteiger partial charge in [-0.2, -0.15) is 0 Å². The topological polar surface area (TPSA) is 175 Å². The number of hydrogen-bond acceptors (Lipinski definition) is 7. The van der Waals surface area contributed by atoms with Crippen molar-refractivity contribution in [2.24, 2.45) is 5.73 Å². The summed E-state index contributed by atoms with van der Waals surface area (Å²) in [5.74, 6) is -5.61. The second-order valence-corrected chi connectivity index (χ2v) is 7.72. The van der Waals surface area contributed by atoms with Gasteiger partial charge in [0.05, 0.1) is 17.3 Å². The standard InChI is InChI=1S/C17H19F2N3O3.C4H7NO4/c1-3-21-8-11(17(24)25)16(23)10-6-12(18)15(13(19)14(10)21)22-5-4-20-9(2)7-22;5-2(4(8)9)1-3(6)7/h6,8-9,20H,3-5,7H2,1-2H3,(H,24,25);2H,1,5H2,(H,6,7)(H,8,9). The van der Waals surface area contributed by atoms with Crippen molar-refractivity contribution >= 4 is 34.5 Å². The Bertz CT molecular complexity index is 1170. The fourth-order valence-corrected chi connectivity index (χ4v) is 3.58. The molecule has 1 aliphatic rings. The number of pyridine rings is 1. The van der Waals surface area contributed by atoms with Gasteiger partial charge in [0, 0.05) is 38.4 Å². The third-order valence-corrected chi connectivity index (χ3v) is 5.20. The molecule has 0 bridgehead atoms. The summed E-state index contributed by atoms with van der Waals surface area (Å²) in [4.78, 5) is 44.8. The SMILES string of the molecule is CCn1cc(C(=O)O)c(=O)c2cc(F)c(N3CCNC(C)C3)c(F)c21.NC(CC(=O)O)C(=O)O. The highest BCUT2D eigenvalue weighted by Crippen LogP contribution is 2.30. The Kier molecular flexibility index (Phi) is 8.65. The second kappa shape index (κ2) is 11.0. The minimum absolute atomic E-state index is 0.0694. The lowest BCUT2D eigenvalue weighted by molar-refractivity contribution is -0.144. The van der Waals surface area contributed by atoms with Gasteiger partial charge in [0.2, 0.25) is 5.43 Å². The number of aromatic nitrogens is 1. The molecule has 2 unspecified atom stereocenters. The van der Waals surface area contributed by atoms with E-state index in [1.165, 1.54) is 4.57 Å². The third kappa shape index (κ3) is 5.85. The van der Waals surface area contributed by atoms with Crippen molar-refractivity contribution in [3.05, 3.63) is 39.7 Å². The Morgan fingerprint density at radius 1 is 1.26 bits per heavy atom. The van der Waals surface area contributed by atoms with Crippen LogP contribution in [0.3, 0.4) is 0 Å². The summed E-state index contributed by atoms with van der Waals surface area (Å²) < 4.78 is 31.2. The lowest BCUT2D eigenvalue weighted by atomic mass is 10.1. The molecule has 1 aliphatic heterocycles. The van der Waals surface area contributed by atoms with Gasteiger partial charge < -0.3 is 35.8 Å². The largest absolute Gasteiger partial charge is 0.481 e.